The number of guanidine groups is 1. The van der Waals surface area contributed by atoms with Crippen LogP contribution in [-0.2, 0) is 11.2 Å². The number of nitrogens with one attached hydrogen (secondary N) is 2. The molecule has 33 heavy (non-hydrogen) atoms. The molecule has 0 spiro atoms. The van der Waals surface area contributed by atoms with Gasteiger partial charge in [0, 0.05) is 38.4 Å². The second kappa shape index (κ2) is 15.5. The van der Waals surface area contributed by atoms with E-state index in [4.69, 9.17) is 4.74 Å². The fourth-order valence-corrected chi connectivity index (χ4v) is 2.94. The van der Waals surface area contributed by atoms with E-state index in [-0.39, 0.29) is 42.5 Å². The van der Waals surface area contributed by atoms with Crippen molar-refractivity contribution in [2.45, 2.75) is 40.2 Å². The number of likely N-dealkylation sites (N-methyl/N-ethyl adjacent to an activating group) is 1. The van der Waals surface area contributed by atoms with Gasteiger partial charge in [-0.15, -0.1) is 24.0 Å². The van der Waals surface area contributed by atoms with Gasteiger partial charge >= 0.3 is 0 Å². The van der Waals surface area contributed by atoms with Crippen LogP contribution in [-0.4, -0.2) is 55.0 Å². The minimum absolute atomic E-state index is 0. The quantitative estimate of drug-likeness (QED) is 0.244. The van der Waals surface area contributed by atoms with Crippen LogP contribution >= 0.6 is 24.0 Å². The van der Waals surface area contributed by atoms with Crippen LogP contribution in [0.5, 0.6) is 5.75 Å². The van der Waals surface area contributed by atoms with Gasteiger partial charge in [0.1, 0.15) is 12.3 Å². The number of nitrogens with zero attached hydrogens (tertiary/aromatic N) is 3. The first-order valence-electron chi connectivity index (χ1n) is 11.3. The lowest BCUT2D eigenvalue weighted by atomic mass is 10.1. The maximum absolute atomic E-state index is 12.5. The van der Waals surface area contributed by atoms with Crippen LogP contribution in [0.15, 0.2) is 53.7 Å². The van der Waals surface area contributed by atoms with E-state index in [2.05, 4.69) is 41.4 Å². The molecule has 8 heteroatoms. The fraction of sp³-hybridized carbons (Fsp3) is 0.480. The zero-order valence-corrected chi connectivity index (χ0v) is 22.7. The summed E-state index contributed by atoms with van der Waals surface area (Å²) in [6.07, 6.45) is 2.49. The van der Waals surface area contributed by atoms with Gasteiger partial charge in [-0.25, -0.2) is 4.99 Å². The SMILES string of the molecule is CCNC(=NCC(=O)N(C)CCc1ccccn1)NC(C)c1ccc(OCC(C)C)cc1.I. The summed E-state index contributed by atoms with van der Waals surface area (Å²) >= 11 is 0. The van der Waals surface area contributed by atoms with Gasteiger partial charge in [0.05, 0.1) is 12.6 Å². The highest BCUT2D eigenvalue weighted by Gasteiger charge is 2.11. The van der Waals surface area contributed by atoms with Crippen molar-refractivity contribution in [3.63, 3.8) is 0 Å². The predicted octanol–water partition coefficient (Wildman–Crippen LogP) is 4.05. The highest BCUT2D eigenvalue weighted by Crippen LogP contribution is 2.18. The predicted molar refractivity (Wildman–Crippen MR) is 145 cm³/mol. The summed E-state index contributed by atoms with van der Waals surface area (Å²) in [7, 11) is 1.80. The molecule has 2 N–H and O–H groups in total. The smallest absolute Gasteiger partial charge is 0.244 e. The average Bonchev–Trinajstić information content (AvgIpc) is 2.80. The molecule has 0 saturated heterocycles. The summed E-state index contributed by atoms with van der Waals surface area (Å²) in [6, 6.07) is 13.9. The van der Waals surface area contributed by atoms with Gasteiger partial charge in [-0.3, -0.25) is 9.78 Å². The summed E-state index contributed by atoms with van der Waals surface area (Å²) in [6.45, 7) is 10.4. The van der Waals surface area contributed by atoms with E-state index in [0.717, 1.165) is 23.4 Å². The molecule has 182 valence electrons. The Morgan fingerprint density at radius 3 is 2.48 bits per heavy atom. The molecule has 2 rings (SSSR count). The van der Waals surface area contributed by atoms with Crippen LogP contribution in [0.2, 0.25) is 0 Å². The molecule has 0 aliphatic carbocycles. The Labute approximate surface area is 215 Å². The molecule has 0 fully saturated rings. The molecular weight excluding hydrogens is 529 g/mol. The molecule has 0 saturated carbocycles. The zero-order chi connectivity index (χ0) is 23.3. The normalized spacial score (nSPS) is 12.0. The highest BCUT2D eigenvalue weighted by molar-refractivity contribution is 14.0. The molecule has 7 nitrogen and oxygen atoms in total. The molecule has 1 aromatic heterocycles. The molecule has 1 heterocycles. The lowest BCUT2D eigenvalue weighted by molar-refractivity contribution is -0.128. The summed E-state index contributed by atoms with van der Waals surface area (Å²) in [5.41, 5.74) is 2.09. The van der Waals surface area contributed by atoms with Crippen molar-refractivity contribution >= 4 is 35.8 Å². The van der Waals surface area contributed by atoms with Crippen molar-refractivity contribution in [3.8, 4) is 5.75 Å². The van der Waals surface area contributed by atoms with Gasteiger partial charge in [0.2, 0.25) is 5.91 Å². The highest BCUT2D eigenvalue weighted by atomic mass is 127. The van der Waals surface area contributed by atoms with Gasteiger partial charge < -0.3 is 20.3 Å². The van der Waals surface area contributed by atoms with Gasteiger partial charge in [-0.1, -0.05) is 32.0 Å². The molecular formula is C25H38IN5O2. The first kappa shape index (κ1) is 28.7. The molecule has 1 atom stereocenters. The van der Waals surface area contributed by atoms with E-state index in [1.165, 1.54) is 0 Å². The molecule has 0 aliphatic rings. The Morgan fingerprint density at radius 2 is 1.88 bits per heavy atom. The van der Waals surface area contributed by atoms with Crippen molar-refractivity contribution in [2.75, 3.05) is 33.3 Å². The third kappa shape index (κ3) is 10.9. The molecule has 1 amide bonds. The number of ether oxygens (including phenoxy) is 1. The number of hydrogen-bond acceptors (Lipinski definition) is 4. The van der Waals surface area contributed by atoms with Gasteiger partial charge in [0.15, 0.2) is 5.96 Å². The fourth-order valence-electron chi connectivity index (χ4n) is 2.94. The first-order valence-corrected chi connectivity index (χ1v) is 11.3. The van der Waals surface area contributed by atoms with Crippen molar-refractivity contribution in [3.05, 3.63) is 59.9 Å². The minimum atomic E-state index is -0.0301. The molecule has 0 bridgehead atoms. The Kier molecular flexibility index (Phi) is 13.4. The average molecular weight is 568 g/mol. The molecule has 0 radical (unpaired) electrons. The van der Waals surface area contributed by atoms with E-state index in [1.54, 1.807) is 18.1 Å². The number of carbonyl (C=O) groups is 1. The largest absolute Gasteiger partial charge is 0.493 e. The zero-order valence-electron chi connectivity index (χ0n) is 20.4. The van der Waals surface area contributed by atoms with E-state index in [0.29, 0.717) is 31.6 Å². The number of carbonyl (C=O) groups excluding carboxylic acids is 1. The Bertz CT molecular complexity index is 844. The molecule has 2 aromatic rings. The Hall–Kier alpha value is -2.36. The number of aromatic nitrogens is 1. The van der Waals surface area contributed by atoms with Gasteiger partial charge in [0.25, 0.3) is 0 Å². The van der Waals surface area contributed by atoms with Crippen LogP contribution in [0.3, 0.4) is 0 Å². The number of rotatable bonds is 11. The maximum atomic E-state index is 12.5. The van der Waals surface area contributed by atoms with E-state index in [1.807, 2.05) is 49.4 Å². The van der Waals surface area contributed by atoms with E-state index >= 15 is 0 Å². The van der Waals surface area contributed by atoms with E-state index < -0.39 is 0 Å². The van der Waals surface area contributed by atoms with Crippen molar-refractivity contribution in [1.29, 1.82) is 0 Å². The number of benzene rings is 1. The number of aliphatic imine (C=N–C) groups is 1. The lowest BCUT2D eigenvalue weighted by Gasteiger charge is -2.20. The molecule has 1 aromatic carbocycles. The second-order valence-corrected chi connectivity index (χ2v) is 8.22. The number of hydrogen-bond donors (Lipinski definition) is 2. The standard InChI is InChI=1S/C25H37N5O2.HI/c1-6-26-25(28-17-24(31)30(5)16-14-22-9-7-8-15-27-22)29-20(4)21-10-12-23(13-11-21)32-18-19(2)3;/h7-13,15,19-20H,6,14,16-18H2,1-5H3,(H2,26,28,29);1H. The second-order valence-electron chi connectivity index (χ2n) is 8.22. The monoisotopic (exact) mass is 567 g/mol. The van der Waals surface area contributed by atoms with Crippen molar-refractivity contribution in [1.82, 2.24) is 20.5 Å². The summed E-state index contributed by atoms with van der Waals surface area (Å²) in [4.78, 5) is 23.0. The van der Waals surface area contributed by atoms with Crippen LogP contribution < -0.4 is 15.4 Å². The Morgan fingerprint density at radius 1 is 1.15 bits per heavy atom. The molecule has 0 aliphatic heterocycles. The third-order valence-electron chi connectivity index (χ3n) is 4.89. The van der Waals surface area contributed by atoms with Crippen molar-refractivity contribution in [2.24, 2.45) is 10.9 Å². The van der Waals surface area contributed by atoms with Gasteiger partial charge in [-0.2, -0.15) is 0 Å². The van der Waals surface area contributed by atoms with Crippen LogP contribution in [0.4, 0.5) is 0 Å². The van der Waals surface area contributed by atoms with Crippen LogP contribution in [0.25, 0.3) is 0 Å². The summed E-state index contributed by atoms with van der Waals surface area (Å²) in [5, 5.41) is 6.59. The van der Waals surface area contributed by atoms with Crippen molar-refractivity contribution < 1.29 is 9.53 Å². The van der Waals surface area contributed by atoms with Gasteiger partial charge in [-0.05, 0) is 49.6 Å². The van der Waals surface area contributed by atoms with E-state index in [9.17, 15) is 4.79 Å². The summed E-state index contributed by atoms with van der Waals surface area (Å²) in [5.74, 6) is 1.95. The number of pyridine rings is 1. The molecule has 1 unspecified atom stereocenters. The minimum Gasteiger partial charge on any atom is -0.493 e. The first-order chi connectivity index (χ1) is 15.4. The number of halogens is 1. The maximum Gasteiger partial charge on any atom is 0.244 e. The van der Waals surface area contributed by atoms with Crippen LogP contribution in [0.1, 0.15) is 45.0 Å². The topological polar surface area (TPSA) is 78.9 Å². The summed E-state index contributed by atoms with van der Waals surface area (Å²) < 4.78 is 5.75. The lowest BCUT2D eigenvalue weighted by Crippen LogP contribution is -2.40. The Balaban J connectivity index is 0.00000544. The van der Waals surface area contributed by atoms with Crippen LogP contribution in [0, 0.1) is 5.92 Å². The number of amides is 1. The third-order valence-corrected chi connectivity index (χ3v) is 4.89.